The number of unbranched alkanes of at least 4 members (excludes halogenated alkanes) is 2. The van der Waals surface area contributed by atoms with E-state index in [1.807, 2.05) is 6.92 Å². The van der Waals surface area contributed by atoms with E-state index in [4.69, 9.17) is 10.4 Å². The van der Waals surface area contributed by atoms with Crippen molar-refractivity contribution in [2.45, 2.75) is 51.6 Å². The summed E-state index contributed by atoms with van der Waals surface area (Å²) in [6.07, 6.45) is 4.61. The lowest BCUT2D eigenvalue weighted by Crippen LogP contribution is -2.53. The first-order valence-corrected chi connectivity index (χ1v) is 4.57. The fourth-order valence-corrected chi connectivity index (χ4v) is 1.15. The van der Waals surface area contributed by atoms with Crippen LogP contribution in [0.1, 0.15) is 46.0 Å². The van der Waals surface area contributed by atoms with Crippen LogP contribution < -0.4 is 11.0 Å². The molecule has 0 saturated heterocycles. The molecule has 0 aliphatic heterocycles. The van der Waals surface area contributed by atoms with Crippen molar-refractivity contribution in [3.63, 3.8) is 0 Å². The molecular weight excluding hydrogens is 156 g/mol. The lowest BCUT2D eigenvalue weighted by molar-refractivity contribution is -0.0525. The van der Waals surface area contributed by atoms with E-state index in [-0.39, 0.29) is 0 Å². The Balaban J connectivity index is 3.76. The molecule has 0 aromatic heterocycles. The summed E-state index contributed by atoms with van der Waals surface area (Å²) in [6, 6.07) is 0. The fourth-order valence-electron chi connectivity index (χ4n) is 1.15. The highest BCUT2D eigenvalue weighted by Gasteiger charge is 2.25. The molecule has 0 radical (unpaired) electrons. The highest BCUT2D eigenvalue weighted by molar-refractivity contribution is 4.76. The Morgan fingerprint density at radius 1 is 1.08 bits per heavy atom. The van der Waals surface area contributed by atoms with Gasteiger partial charge in [0, 0.05) is 0 Å². The molecule has 4 N–H and O–H groups in total. The predicted octanol–water partition coefficient (Wildman–Crippen LogP) is 1.63. The van der Waals surface area contributed by atoms with Crippen molar-refractivity contribution >= 4 is 0 Å². The van der Waals surface area contributed by atoms with Crippen LogP contribution in [0.2, 0.25) is 0 Å². The van der Waals surface area contributed by atoms with Gasteiger partial charge >= 0.3 is 0 Å². The van der Waals surface area contributed by atoms with Gasteiger partial charge in [-0.1, -0.05) is 33.1 Å². The van der Waals surface area contributed by atoms with Gasteiger partial charge in [-0.05, 0) is 12.8 Å². The molecule has 4 nitrogen and oxygen atoms in total. The maximum absolute atomic E-state index is 8.80. The predicted molar refractivity (Wildman–Crippen MR) is 47.0 cm³/mol. The quantitative estimate of drug-likeness (QED) is 0.270. The van der Waals surface area contributed by atoms with Crippen LogP contribution in [-0.4, -0.2) is 16.1 Å². The van der Waals surface area contributed by atoms with Crippen molar-refractivity contribution in [2.75, 3.05) is 0 Å². The number of hydrogen-bond acceptors (Lipinski definition) is 4. The lowest BCUT2D eigenvalue weighted by atomic mass is 10.0. The summed E-state index contributed by atoms with van der Waals surface area (Å²) in [5.74, 6) is 0. The maximum Gasteiger partial charge on any atom is 0.114 e. The molecule has 0 atom stereocenters. The number of hydroxylamine groups is 2. The summed E-state index contributed by atoms with van der Waals surface area (Å²) in [7, 11) is 0. The molecule has 0 heterocycles. The van der Waals surface area contributed by atoms with Crippen molar-refractivity contribution in [3.8, 4) is 0 Å². The third kappa shape index (κ3) is 3.49. The van der Waals surface area contributed by atoms with E-state index in [0.717, 1.165) is 25.7 Å². The molecule has 0 spiro atoms. The Kier molecular flexibility index (Phi) is 6.28. The van der Waals surface area contributed by atoms with Gasteiger partial charge in [0.2, 0.25) is 0 Å². The Bertz CT molecular complexity index is 97.0. The van der Waals surface area contributed by atoms with Crippen molar-refractivity contribution in [1.29, 1.82) is 0 Å². The Morgan fingerprint density at radius 3 is 2.00 bits per heavy atom. The highest BCUT2D eigenvalue weighted by atomic mass is 16.5. The average molecular weight is 176 g/mol. The lowest BCUT2D eigenvalue weighted by Gasteiger charge is -2.29. The molecule has 0 amide bonds. The first-order valence-electron chi connectivity index (χ1n) is 4.57. The van der Waals surface area contributed by atoms with Gasteiger partial charge in [0.15, 0.2) is 0 Å². The zero-order valence-electron chi connectivity index (χ0n) is 7.93. The number of hydrogen-bond donors (Lipinski definition) is 4. The topological polar surface area (TPSA) is 64.5 Å². The minimum Gasteiger partial charge on any atom is -0.315 e. The van der Waals surface area contributed by atoms with Gasteiger partial charge in [0.25, 0.3) is 0 Å². The highest BCUT2D eigenvalue weighted by Crippen LogP contribution is 2.14. The van der Waals surface area contributed by atoms with E-state index in [1.165, 1.54) is 0 Å². The monoisotopic (exact) mass is 176 g/mol. The second-order valence-electron chi connectivity index (χ2n) is 3.12. The summed E-state index contributed by atoms with van der Waals surface area (Å²) in [5, 5.41) is 17.6. The van der Waals surface area contributed by atoms with E-state index < -0.39 is 5.66 Å². The molecule has 0 unspecified atom stereocenters. The van der Waals surface area contributed by atoms with Gasteiger partial charge in [-0.2, -0.15) is 11.0 Å². The van der Waals surface area contributed by atoms with Crippen molar-refractivity contribution < 1.29 is 10.4 Å². The van der Waals surface area contributed by atoms with Crippen LogP contribution in [0, 0.1) is 0 Å². The minimum atomic E-state index is -0.713. The first-order chi connectivity index (χ1) is 5.74. The molecule has 0 bridgehead atoms. The zero-order chi connectivity index (χ0) is 9.45. The maximum atomic E-state index is 8.80. The Morgan fingerprint density at radius 2 is 1.67 bits per heavy atom. The molecule has 12 heavy (non-hydrogen) atoms. The van der Waals surface area contributed by atoms with Gasteiger partial charge in [-0.25, -0.2) is 0 Å². The van der Waals surface area contributed by atoms with Crippen LogP contribution in [-0.2, 0) is 0 Å². The van der Waals surface area contributed by atoms with Gasteiger partial charge in [-0.15, -0.1) is 0 Å². The van der Waals surface area contributed by atoms with Gasteiger partial charge < -0.3 is 10.4 Å². The van der Waals surface area contributed by atoms with Crippen LogP contribution in [0.25, 0.3) is 0 Å². The molecule has 4 heteroatoms. The summed E-state index contributed by atoms with van der Waals surface area (Å²) in [6.45, 7) is 4.02. The molecule has 0 rings (SSSR count). The Labute approximate surface area is 73.9 Å². The molecular formula is C8H20N2O2. The first kappa shape index (κ1) is 11.8. The smallest absolute Gasteiger partial charge is 0.114 e. The largest absolute Gasteiger partial charge is 0.315 e. The van der Waals surface area contributed by atoms with E-state index in [9.17, 15) is 0 Å². The summed E-state index contributed by atoms with van der Waals surface area (Å²) >= 11 is 0. The molecule has 0 aliphatic rings. The van der Waals surface area contributed by atoms with E-state index >= 15 is 0 Å². The van der Waals surface area contributed by atoms with Crippen molar-refractivity contribution in [3.05, 3.63) is 0 Å². The average Bonchev–Trinajstić information content (AvgIpc) is 2.14. The molecule has 74 valence electrons. The van der Waals surface area contributed by atoms with Crippen LogP contribution >= 0.6 is 0 Å². The fraction of sp³-hybridized carbons (Fsp3) is 1.00. The third-order valence-electron chi connectivity index (χ3n) is 2.24. The normalized spacial score (nSPS) is 12.0. The number of rotatable bonds is 7. The van der Waals surface area contributed by atoms with E-state index in [0.29, 0.717) is 6.42 Å². The SMILES string of the molecule is CCCCCC(CC)(NO)NO. The van der Waals surface area contributed by atoms with E-state index in [1.54, 1.807) is 0 Å². The molecule has 0 aromatic carbocycles. The van der Waals surface area contributed by atoms with Gasteiger partial charge in [-0.3, -0.25) is 0 Å². The summed E-state index contributed by atoms with van der Waals surface area (Å²) in [4.78, 5) is 0. The van der Waals surface area contributed by atoms with E-state index in [2.05, 4.69) is 17.9 Å². The molecule has 0 aromatic rings. The summed E-state index contributed by atoms with van der Waals surface area (Å²) < 4.78 is 0. The van der Waals surface area contributed by atoms with Crippen LogP contribution in [0.5, 0.6) is 0 Å². The molecule has 0 fully saturated rings. The Hall–Kier alpha value is -0.160. The van der Waals surface area contributed by atoms with Crippen molar-refractivity contribution in [2.24, 2.45) is 0 Å². The van der Waals surface area contributed by atoms with Crippen LogP contribution in [0.3, 0.4) is 0 Å². The molecule has 0 saturated carbocycles. The second kappa shape index (κ2) is 6.37. The molecule has 0 aliphatic carbocycles. The summed E-state index contributed by atoms with van der Waals surface area (Å²) in [5.41, 5.74) is 3.51. The third-order valence-corrected chi connectivity index (χ3v) is 2.24. The number of nitrogens with one attached hydrogen (secondary N) is 2. The standard InChI is InChI=1S/C8H20N2O2/c1-3-5-6-7-8(4-2,9-11)10-12/h9-12H,3-7H2,1-2H3. The van der Waals surface area contributed by atoms with Crippen LogP contribution in [0.15, 0.2) is 0 Å². The van der Waals surface area contributed by atoms with Crippen molar-refractivity contribution in [1.82, 2.24) is 11.0 Å². The van der Waals surface area contributed by atoms with Gasteiger partial charge in [0.05, 0.1) is 0 Å². The minimum absolute atomic E-state index is 0.643. The van der Waals surface area contributed by atoms with Crippen LogP contribution in [0.4, 0.5) is 0 Å². The second-order valence-corrected chi connectivity index (χ2v) is 3.12. The van der Waals surface area contributed by atoms with Gasteiger partial charge in [0.1, 0.15) is 5.66 Å². The zero-order valence-corrected chi connectivity index (χ0v) is 7.93.